The topological polar surface area (TPSA) is 15.9 Å². The Morgan fingerprint density at radius 1 is 1.44 bits per heavy atom. The Bertz CT molecular complexity index is 196. The Kier molecular flexibility index (Phi) is 1.68. The highest BCUT2D eigenvalue weighted by Gasteiger charge is 1.95. The van der Waals surface area contributed by atoms with Crippen molar-refractivity contribution in [3.63, 3.8) is 0 Å². The molecule has 0 saturated heterocycles. The summed E-state index contributed by atoms with van der Waals surface area (Å²) in [5, 5.41) is 3.06. The number of rotatable bonds is 1. The van der Waals surface area contributed by atoms with E-state index in [4.69, 9.17) is 0 Å². The summed E-state index contributed by atoms with van der Waals surface area (Å²) in [6.07, 6.45) is 2.01. The molecular weight excluding hydrogens is 112 g/mol. The van der Waals surface area contributed by atoms with E-state index in [1.165, 1.54) is 0 Å². The summed E-state index contributed by atoms with van der Waals surface area (Å²) < 4.78 is 2.03. The van der Waals surface area contributed by atoms with E-state index in [2.05, 4.69) is 5.32 Å². The molecule has 1 aromatic heterocycles. The summed E-state index contributed by atoms with van der Waals surface area (Å²) >= 11 is 0. The molecule has 1 rings (SSSR count). The van der Waals surface area contributed by atoms with Crippen molar-refractivity contribution in [1.82, 2.24) is 0 Å². The molecule has 1 heterocycles. The second kappa shape index (κ2) is 2.49. The quantitative estimate of drug-likeness (QED) is 0.539. The van der Waals surface area contributed by atoms with Crippen LogP contribution in [0.1, 0.15) is 0 Å². The van der Waals surface area contributed by atoms with Crippen molar-refractivity contribution in [2.45, 2.75) is 0 Å². The molecule has 0 bridgehead atoms. The van der Waals surface area contributed by atoms with E-state index < -0.39 is 0 Å². The molecule has 9 heavy (non-hydrogen) atoms. The van der Waals surface area contributed by atoms with Gasteiger partial charge in [-0.3, -0.25) is 5.32 Å². The minimum atomic E-state index is 1.12. The van der Waals surface area contributed by atoms with Crippen LogP contribution in [0.4, 0.5) is 5.82 Å². The summed E-state index contributed by atoms with van der Waals surface area (Å²) in [5.74, 6) is 1.12. The lowest BCUT2D eigenvalue weighted by Crippen LogP contribution is -2.30. The highest BCUT2D eigenvalue weighted by atomic mass is 15.1. The fourth-order valence-electron chi connectivity index (χ4n) is 0.783. The number of pyridine rings is 1. The summed E-state index contributed by atoms with van der Waals surface area (Å²) in [6, 6.07) is 6.03. The van der Waals surface area contributed by atoms with Gasteiger partial charge in [-0.2, -0.15) is 0 Å². The molecule has 0 spiro atoms. The van der Waals surface area contributed by atoms with E-state index in [1.807, 2.05) is 43.1 Å². The Hall–Kier alpha value is -1.05. The van der Waals surface area contributed by atoms with Crippen molar-refractivity contribution in [3.8, 4) is 0 Å². The number of aryl methyl sites for hydroxylation is 1. The molecule has 0 saturated carbocycles. The average Bonchev–Trinajstić information content (AvgIpc) is 1.89. The van der Waals surface area contributed by atoms with Gasteiger partial charge in [-0.05, 0) is 6.07 Å². The molecule has 0 atom stereocenters. The minimum absolute atomic E-state index is 1.12. The molecule has 1 N–H and O–H groups in total. The molecule has 0 aliphatic rings. The zero-order valence-electron chi connectivity index (χ0n) is 5.76. The van der Waals surface area contributed by atoms with Gasteiger partial charge >= 0.3 is 0 Å². The van der Waals surface area contributed by atoms with Gasteiger partial charge in [0.25, 0.3) is 5.82 Å². The van der Waals surface area contributed by atoms with Crippen LogP contribution in [-0.4, -0.2) is 7.05 Å². The van der Waals surface area contributed by atoms with Gasteiger partial charge in [0.15, 0.2) is 0 Å². The molecule has 0 fully saturated rings. The van der Waals surface area contributed by atoms with Gasteiger partial charge in [-0.25, -0.2) is 4.57 Å². The molecule has 2 heteroatoms. The Balaban J connectivity index is 3.01. The molecule has 48 valence electrons. The van der Waals surface area contributed by atoms with Gasteiger partial charge in [0.05, 0.1) is 20.3 Å². The highest BCUT2D eigenvalue weighted by molar-refractivity contribution is 5.25. The fourth-order valence-corrected chi connectivity index (χ4v) is 0.783. The number of aromatic nitrogens is 1. The lowest BCUT2D eigenvalue weighted by molar-refractivity contribution is -0.657. The summed E-state index contributed by atoms with van der Waals surface area (Å²) in [5.41, 5.74) is 0. The third-order valence-electron chi connectivity index (χ3n) is 1.31. The van der Waals surface area contributed by atoms with Crippen LogP contribution in [0.25, 0.3) is 0 Å². The number of nitrogens with one attached hydrogen (secondary N) is 1. The monoisotopic (exact) mass is 123 g/mol. The van der Waals surface area contributed by atoms with Crippen molar-refractivity contribution in [2.24, 2.45) is 7.05 Å². The molecule has 0 unspecified atom stereocenters. The van der Waals surface area contributed by atoms with Crippen LogP contribution in [0.5, 0.6) is 0 Å². The van der Waals surface area contributed by atoms with E-state index >= 15 is 0 Å². The normalized spacial score (nSPS) is 9.11. The minimum Gasteiger partial charge on any atom is -0.277 e. The first-order valence-corrected chi connectivity index (χ1v) is 2.97. The second-order valence-corrected chi connectivity index (χ2v) is 1.95. The van der Waals surface area contributed by atoms with Gasteiger partial charge in [0.2, 0.25) is 0 Å². The van der Waals surface area contributed by atoms with Crippen LogP contribution in [0, 0.1) is 0 Å². The highest BCUT2D eigenvalue weighted by Crippen LogP contribution is 1.92. The van der Waals surface area contributed by atoms with Crippen molar-refractivity contribution in [3.05, 3.63) is 24.4 Å². The molecule has 0 radical (unpaired) electrons. The SMILES string of the molecule is CNc1cccc[n+]1C. The fraction of sp³-hybridized carbons (Fsp3) is 0.286. The van der Waals surface area contributed by atoms with Crippen LogP contribution in [0.15, 0.2) is 24.4 Å². The third-order valence-corrected chi connectivity index (χ3v) is 1.31. The predicted molar refractivity (Wildman–Crippen MR) is 37.2 cm³/mol. The Morgan fingerprint density at radius 2 is 2.22 bits per heavy atom. The summed E-state index contributed by atoms with van der Waals surface area (Å²) in [4.78, 5) is 0. The van der Waals surface area contributed by atoms with Crippen molar-refractivity contribution >= 4 is 5.82 Å². The number of nitrogens with zero attached hydrogens (tertiary/aromatic N) is 1. The van der Waals surface area contributed by atoms with Crippen molar-refractivity contribution in [2.75, 3.05) is 12.4 Å². The van der Waals surface area contributed by atoms with Crippen LogP contribution in [-0.2, 0) is 7.05 Å². The molecule has 0 aliphatic heterocycles. The first kappa shape index (κ1) is 6.08. The van der Waals surface area contributed by atoms with Gasteiger partial charge < -0.3 is 0 Å². The maximum absolute atomic E-state index is 3.06. The van der Waals surface area contributed by atoms with Gasteiger partial charge in [-0.1, -0.05) is 6.07 Å². The smallest absolute Gasteiger partial charge is 0.273 e. The molecule has 0 amide bonds. The van der Waals surface area contributed by atoms with Crippen LogP contribution in [0.3, 0.4) is 0 Å². The van der Waals surface area contributed by atoms with Crippen LogP contribution >= 0.6 is 0 Å². The van der Waals surface area contributed by atoms with E-state index in [0.717, 1.165) is 5.82 Å². The standard InChI is InChI=1S/C7H10N2/c1-8-7-5-3-4-6-9(7)2/h3-6H,1-2H3/p+1. The lowest BCUT2D eigenvalue weighted by atomic mass is 10.4. The van der Waals surface area contributed by atoms with Crippen molar-refractivity contribution in [1.29, 1.82) is 0 Å². The average molecular weight is 123 g/mol. The van der Waals surface area contributed by atoms with Gasteiger partial charge in [0.1, 0.15) is 0 Å². The maximum atomic E-state index is 3.06. The molecule has 0 aromatic carbocycles. The molecule has 1 aromatic rings. The molecular formula is C7H11N2+. The zero-order valence-corrected chi connectivity index (χ0v) is 5.76. The first-order chi connectivity index (χ1) is 4.34. The van der Waals surface area contributed by atoms with E-state index in [1.54, 1.807) is 0 Å². The Morgan fingerprint density at radius 3 is 2.67 bits per heavy atom. The summed E-state index contributed by atoms with van der Waals surface area (Å²) in [7, 11) is 3.92. The molecule has 0 aliphatic carbocycles. The lowest BCUT2D eigenvalue weighted by Gasteiger charge is -1.95. The molecule has 2 nitrogen and oxygen atoms in total. The number of hydrogen-bond donors (Lipinski definition) is 1. The maximum Gasteiger partial charge on any atom is 0.273 e. The second-order valence-electron chi connectivity index (χ2n) is 1.95. The predicted octanol–water partition coefficient (Wildman–Crippen LogP) is 0.553. The summed E-state index contributed by atoms with van der Waals surface area (Å²) in [6.45, 7) is 0. The Labute approximate surface area is 55.1 Å². The van der Waals surface area contributed by atoms with Gasteiger partial charge in [-0.15, -0.1) is 0 Å². The van der Waals surface area contributed by atoms with E-state index in [0.29, 0.717) is 0 Å². The number of hydrogen-bond acceptors (Lipinski definition) is 1. The largest absolute Gasteiger partial charge is 0.277 e. The van der Waals surface area contributed by atoms with Gasteiger partial charge in [0, 0.05) is 6.07 Å². The van der Waals surface area contributed by atoms with Crippen molar-refractivity contribution < 1.29 is 4.57 Å². The van der Waals surface area contributed by atoms with E-state index in [-0.39, 0.29) is 0 Å². The third kappa shape index (κ3) is 1.19. The first-order valence-electron chi connectivity index (χ1n) is 2.97. The van der Waals surface area contributed by atoms with Crippen LogP contribution in [0.2, 0.25) is 0 Å². The van der Waals surface area contributed by atoms with E-state index in [9.17, 15) is 0 Å². The van der Waals surface area contributed by atoms with Crippen LogP contribution < -0.4 is 9.88 Å². The zero-order chi connectivity index (χ0) is 6.69. The number of anilines is 1.